The van der Waals surface area contributed by atoms with Crippen LogP contribution in [0, 0.1) is 47.0 Å². The third kappa shape index (κ3) is 4.33. The minimum Gasteiger partial charge on any atom is -0.204 e. The number of fused-ring (bicyclic) bond motifs is 2. The SMILES string of the molecule is CCCC1CCC2CC(C3CCC(c4ccc5c(F)c(F)c(F)cc5c4)CC3)CCC2C1. The predicted octanol–water partition coefficient (Wildman–Crippen LogP) is 9.16. The van der Waals surface area contributed by atoms with Crippen LogP contribution in [0.3, 0.4) is 0 Å². The van der Waals surface area contributed by atoms with Crippen LogP contribution in [0.4, 0.5) is 13.2 Å². The van der Waals surface area contributed by atoms with E-state index in [1.54, 1.807) is 6.07 Å². The molecule has 3 aliphatic rings. The molecule has 174 valence electrons. The molecule has 0 spiro atoms. The fraction of sp³-hybridized carbons (Fsp3) is 0.655. The van der Waals surface area contributed by atoms with Crippen molar-refractivity contribution in [1.82, 2.24) is 0 Å². The van der Waals surface area contributed by atoms with Crippen molar-refractivity contribution in [3.05, 3.63) is 47.3 Å². The summed E-state index contributed by atoms with van der Waals surface area (Å²) in [4.78, 5) is 0. The molecule has 0 amide bonds. The smallest absolute Gasteiger partial charge is 0.195 e. The molecular formula is C29H37F3. The van der Waals surface area contributed by atoms with Crippen LogP contribution in [0.15, 0.2) is 24.3 Å². The lowest BCUT2D eigenvalue weighted by Gasteiger charge is -2.45. The standard InChI is InChI=1S/C29H37F3/c1-2-3-18-4-5-24-15-22(11-10-21(24)14-18)19-6-8-20(9-7-19)23-12-13-26-25(16-23)17-27(30)29(32)28(26)31/h12-13,16-22,24H,2-11,14-15H2,1H3. The first-order valence-corrected chi connectivity index (χ1v) is 13.1. The van der Waals surface area contributed by atoms with Crippen LogP contribution in [0.5, 0.6) is 0 Å². The van der Waals surface area contributed by atoms with Gasteiger partial charge < -0.3 is 0 Å². The summed E-state index contributed by atoms with van der Waals surface area (Å²) in [6.07, 6.45) is 16.4. The van der Waals surface area contributed by atoms with Gasteiger partial charge in [-0.15, -0.1) is 0 Å². The summed E-state index contributed by atoms with van der Waals surface area (Å²) in [7, 11) is 0. The molecule has 2 aromatic rings. The molecule has 0 nitrogen and oxygen atoms in total. The molecule has 5 rings (SSSR count). The van der Waals surface area contributed by atoms with Crippen molar-refractivity contribution in [3.8, 4) is 0 Å². The van der Waals surface area contributed by atoms with Gasteiger partial charge in [-0.2, -0.15) is 0 Å². The predicted molar refractivity (Wildman–Crippen MR) is 125 cm³/mol. The maximum atomic E-state index is 14.1. The highest BCUT2D eigenvalue weighted by atomic mass is 19.2. The van der Waals surface area contributed by atoms with Crippen LogP contribution in [0.2, 0.25) is 0 Å². The quantitative estimate of drug-likeness (QED) is 0.414. The van der Waals surface area contributed by atoms with Gasteiger partial charge in [-0.3, -0.25) is 0 Å². The Kier molecular flexibility index (Phi) is 6.54. The molecule has 0 heterocycles. The number of hydrogen-bond donors (Lipinski definition) is 0. The van der Waals surface area contributed by atoms with Crippen LogP contribution in [-0.2, 0) is 0 Å². The zero-order chi connectivity index (χ0) is 22.2. The Morgan fingerprint density at radius 2 is 1.38 bits per heavy atom. The highest BCUT2D eigenvalue weighted by Crippen LogP contribution is 2.50. The Hall–Kier alpha value is -1.51. The van der Waals surface area contributed by atoms with Crippen molar-refractivity contribution in [1.29, 1.82) is 0 Å². The zero-order valence-electron chi connectivity index (χ0n) is 19.4. The van der Waals surface area contributed by atoms with E-state index in [2.05, 4.69) is 6.92 Å². The normalized spacial score (nSPS) is 33.2. The van der Waals surface area contributed by atoms with Gasteiger partial charge in [0.2, 0.25) is 0 Å². The molecule has 0 aliphatic heterocycles. The van der Waals surface area contributed by atoms with E-state index in [1.165, 1.54) is 64.2 Å². The van der Waals surface area contributed by atoms with E-state index >= 15 is 0 Å². The monoisotopic (exact) mass is 442 g/mol. The summed E-state index contributed by atoms with van der Waals surface area (Å²) in [5, 5.41) is 0.643. The molecule has 0 saturated heterocycles. The fourth-order valence-corrected chi connectivity index (χ4v) is 7.62. The number of benzene rings is 2. The second kappa shape index (κ2) is 9.39. The molecule has 4 atom stereocenters. The van der Waals surface area contributed by atoms with E-state index in [4.69, 9.17) is 0 Å². The van der Waals surface area contributed by atoms with Crippen LogP contribution in [0.25, 0.3) is 10.8 Å². The third-order valence-corrected chi connectivity index (χ3v) is 9.37. The van der Waals surface area contributed by atoms with E-state index in [1.807, 2.05) is 12.1 Å². The Balaban J connectivity index is 1.19. The lowest BCUT2D eigenvalue weighted by molar-refractivity contribution is 0.0618. The highest BCUT2D eigenvalue weighted by molar-refractivity contribution is 5.84. The first-order valence-electron chi connectivity index (χ1n) is 13.1. The van der Waals surface area contributed by atoms with Gasteiger partial charge in [-0.1, -0.05) is 44.4 Å². The minimum absolute atomic E-state index is 0.173. The molecule has 0 bridgehead atoms. The highest BCUT2D eigenvalue weighted by Gasteiger charge is 2.38. The Bertz CT molecular complexity index is 943. The summed E-state index contributed by atoms with van der Waals surface area (Å²) in [5.41, 5.74) is 1.15. The molecule has 2 aromatic carbocycles. The second-order valence-corrected chi connectivity index (χ2v) is 11.1. The van der Waals surface area contributed by atoms with E-state index < -0.39 is 17.5 Å². The minimum atomic E-state index is -1.38. The second-order valence-electron chi connectivity index (χ2n) is 11.1. The zero-order valence-corrected chi connectivity index (χ0v) is 19.4. The molecule has 32 heavy (non-hydrogen) atoms. The number of halogens is 3. The average Bonchev–Trinajstić information content (AvgIpc) is 2.82. The van der Waals surface area contributed by atoms with Crippen LogP contribution < -0.4 is 0 Å². The molecule has 3 heteroatoms. The van der Waals surface area contributed by atoms with Gasteiger partial charge in [0.1, 0.15) is 0 Å². The lowest BCUT2D eigenvalue weighted by Crippen LogP contribution is -2.34. The number of rotatable bonds is 4. The lowest BCUT2D eigenvalue weighted by atomic mass is 9.60. The first kappa shape index (κ1) is 22.3. The Labute approximate surface area is 191 Å². The van der Waals surface area contributed by atoms with Gasteiger partial charge >= 0.3 is 0 Å². The Morgan fingerprint density at radius 1 is 0.719 bits per heavy atom. The van der Waals surface area contributed by atoms with Gasteiger partial charge in [0.25, 0.3) is 0 Å². The molecule has 3 fully saturated rings. The van der Waals surface area contributed by atoms with Gasteiger partial charge in [0.15, 0.2) is 17.5 Å². The van der Waals surface area contributed by atoms with Crippen molar-refractivity contribution in [2.24, 2.45) is 29.6 Å². The first-order chi connectivity index (χ1) is 15.5. The average molecular weight is 443 g/mol. The molecule has 3 aliphatic carbocycles. The summed E-state index contributed by atoms with van der Waals surface area (Å²) >= 11 is 0. The summed E-state index contributed by atoms with van der Waals surface area (Å²) in [5.74, 6) is 1.62. The van der Waals surface area contributed by atoms with E-state index in [9.17, 15) is 13.2 Å². The summed E-state index contributed by atoms with van der Waals surface area (Å²) < 4.78 is 41.3. The fourth-order valence-electron chi connectivity index (χ4n) is 7.62. The summed E-state index contributed by atoms with van der Waals surface area (Å²) in [6, 6.07) is 6.57. The molecule has 0 radical (unpaired) electrons. The molecule has 0 aromatic heterocycles. The van der Waals surface area contributed by atoms with Crippen molar-refractivity contribution in [3.63, 3.8) is 0 Å². The van der Waals surface area contributed by atoms with Gasteiger partial charge in [-0.05, 0) is 110 Å². The van der Waals surface area contributed by atoms with Crippen molar-refractivity contribution < 1.29 is 13.2 Å². The van der Waals surface area contributed by atoms with Gasteiger partial charge in [0.05, 0.1) is 0 Å². The topological polar surface area (TPSA) is 0 Å². The van der Waals surface area contributed by atoms with Gasteiger partial charge in [-0.25, -0.2) is 13.2 Å². The van der Waals surface area contributed by atoms with Crippen LogP contribution in [0.1, 0.15) is 95.5 Å². The molecule has 3 saturated carbocycles. The Morgan fingerprint density at radius 3 is 2.12 bits per heavy atom. The van der Waals surface area contributed by atoms with Crippen molar-refractivity contribution in [2.45, 2.75) is 89.9 Å². The van der Waals surface area contributed by atoms with Crippen molar-refractivity contribution in [2.75, 3.05) is 0 Å². The third-order valence-electron chi connectivity index (χ3n) is 9.37. The van der Waals surface area contributed by atoms with Gasteiger partial charge in [0, 0.05) is 5.39 Å². The van der Waals surface area contributed by atoms with Crippen LogP contribution >= 0.6 is 0 Å². The molecular weight excluding hydrogens is 405 g/mol. The molecule has 4 unspecified atom stereocenters. The van der Waals surface area contributed by atoms with Crippen LogP contribution in [-0.4, -0.2) is 0 Å². The van der Waals surface area contributed by atoms with Crippen molar-refractivity contribution >= 4 is 10.8 Å². The maximum Gasteiger partial charge on any atom is 0.195 e. The van der Waals surface area contributed by atoms with E-state index in [0.29, 0.717) is 11.3 Å². The van der Waals surface area contributed by atoms with E-state index in [0.717, 1.165) is 54.1 Å². The summed E-state index contributed by atoms with van der Waals surface area (Å²) in [6.45, 7) is 2.33. The maximum absolute atomic E-state index is 14.1. The molecule has 0 N–H and O–H groups in total. The van der Waals surface area contributed by atoms with E-state index in [-0.39, 0.29) is 5.39 Å². The number of hydrogen-bond acceptors (Lipinski definition) is 0. The largest absolute Gasteiger partial charge is 0.204 e.